The lowest BCUT2D eigenvalue weighted by Gasteiger charge is -2.12. The average Bonchev–Trinajstić information content (AvgIpc) is 2.42. The van der Waals surface area contributed by atoms with Gasteiger partial charge < -0.3 is 20.5 Å². The third-order valence-corrected chi connectivity index (χ3v) is 2.34. The molecule has 0 saturated heterocycles. The fourth-order valence-corrected chi connectivity index (χ4v) is 1.49. The Bertz CT molecular complexity index is 429. The molecule has 6 nitrogen and oxygen atoms in total. The van der Waals surface area contributed by atoms with Gasteiger partial charge in [-0.05, 0) is 13.3 Å². The molecule has 0 fully saturated rings. The summed E-state index contributed by atoms with van der Waals surface area (Å²) in [4.78, 5) is 6.88. The van der Waals surface area contributed by atoms with E-state index in [1.807, 2.05) is 0 Å². The number of aliphatic hydroxyl groups excluding tert-OH is 1. The third-order valence-electron chi connectivity index (χ3n) is 2.34. The molecule has 0 spiro atoms. The molecule has 0 unspecified atom stereocenters. The summed E-state index contributed by atoms with van der Waals surface area (Å²) in [5.41, 5.74) is 0. The zero-order valence-corrected chi connectivity index (χ0v) is 11.7. The minimum atomic E-state index is -4.59. The van der Waals surface area contributed by atoms with Crippen molar-refractivity contribution in [3.8, 4) is 0 Å². The van der Waals surface area contributed by atoms with Crippen LogP contribution in [0.25, 0.3) is 0 Å². The summed E-state index contributed by atoms with van der Waals surface area (Å²) in [6.07, 6.45) is -4.01. The number of rotatable bonds is 9. The van der Waals surface area contributed by atoms with Gasteiger partial charge in [-0.3, -0.25) is 0 Å². The number of alkyl halides is 3. The highest BCUT2D eigenvalue weighted by Gasteiger charge is 2.35. The maximum atomic E-state index is 12.7. The maximum Gasteiger partial charge on any atom is 0.451 e. The van der Waals surface area contributed by atoms with Crippen LogP contribution in [-0.4, -0.2) is 48.0 Å². The van der Waals surface area contributed by atoms with Crippen molar-refractivity contribution in [1.82, 2.24) is 9.97 Å². The highest BCUT2D eigenvalue weighted by Crippen LogP contribution is 2.28. The Balaban J connectivity index is 2.61. The molecule has 1 aromatic rings. The Morgan fingerprint density at radius 3 is 2.43 bits per heavy atom. The maximum absolute atomic E-state index is 12.7. The first-order valence-corrected chi connectivity index (χ1v) is 6.60. The van der Waals surface area contributed by atoms with Crippen LogP contribution in [0.15, 0.2) is 6.07 Å². The SMILES string of the molecule is CCNc1cc(NCCCOCCO)nc(C(F)(F)F)n1. The fraction of sp³-hybridized carbons (Fsp3) is 0.667. The van der Waals surface area contributed by atoms with Crippen molar-refractivity contribution in [1.29, 1.82) is 0 Å². The Morgan fingerprint density at radius 2 is 1.86 bits per heavy atom. The van der Waals surface area contributed by atoms with Gasteiger partial charge in [0.25, 0.3) is 0 Å². The van der Waals surface area contributed by atoms with E-state index in [1.54, 1.807) is 6.92 Å². The molecule has 0 saturated carbocycles. The summed E-state index contributed by atoms with van der Waals surface area (Å²) in [6.45, 7) is 3.23. The minimum Gasteiger partial charge on any atom is -0.394 e. The molecule has 0 aliphatic heterocycles. The van der Waals surface area contributed by atoms with Crippen LogP contribution < -0.4 is 10.6 Å². The van der Waals surface area contributed by atoms with E-state index in [9.17, 15) is 13.2 Å². The molecule has 0 aliphatic rings. The third kappa shape index (κ3) is 6.58. The second kappa shape index (κ2) is 8.63. The first-order chi connectivity index (χ1) is 9.97. The highest BCUT2D eigenvalue weighted by atomic mass is 19.4. The van der Waals surface area contributed by atoms with E-state index in [2.05, 4.69) is 20.6 Å². The molecule has 0 amide bonds. The second-order valence-corrected chi connectivity index (χ2v) is 4.11. The standard InChI is InChI=1S/C12H19F3N4O2/c1-2-16-9-8-10(17-4-3-6-21-7-5-20)19-11(18-9)12(13,14)15/h8,20H,2-7H2,1H3,(H2,16,17,18,19). The summed E-state index contributed by atoms with van der Waals surface area (Å²) >= 11 is 0. The van der Waals surface area contributed by atoms with Crippen LogP contribution in [0.2, 0.25) is 0 Å². The van der Waals surface area contributed by atoms with Crippen LogP contribution in [0.1, 0.15) is 19.2 Å². The van der Waals surface area contributed by atoms with Crippen molar-refractivity contribution in [2.24, 2.45) is 0 Å². The van der Waals surface area contributed by atoms with Gasteiger partial charge in [0.2, 0.25) is 5.82 Å². The zero-order valence-electron chi connectivity index (χ0n) is 11.7. The molecule has 0 aromatic carbocycles. The Morgan fingerprint density at radius 1 is 1.19 bits per heavy atom. The molecular weight excluding hydrogens is 289 g/mol. The van der Waals surface area contributed by atoms with Gasteiger partial charge in [0.15, 0.2) is 0 Å². The van der Waals surface area contributed by atoms with E-state index in [0.29, 0.717) is 26.1 Å². The minimum absolute atomic E-state index is 0.0552. The largest absolute Gasteiger partial charge is 0.451 e. The molecule has 1 rings (SSSR count). The summed E-state index contributed by atoms with van der Waals surface area (Å²) in [7, 11) is 0. The van der Waals surface area contributed by atoms with E-state index < -0.39 is 12.0 Å². The highest BCUT2D eigenvalue weighted by molar-refractivity contribution is 5.47. The van der Waals surface area contributed by atoms with Crippen LogP contribution in [0, 0.1) is 0 Å². The van der Waals surface area contributed by atoms with Crippen molar-refractivity contribution >= 4 is 11.6 Å². The van der Waals surface area contributed by atoms with Crippen molar-refractivity contribution in [2.45, 2.75) is 19.5 Å². The van der Waals surface area contributed by atoms with Crippen LogP contribution in [0.3, 0.4) is 0 Å². The molecule has 1 heterocycles. The first-order valence-electron chi connectivity index (χ1n) is 6.60. The van der Waals surface area contributed by atoms with Crippen molar-refractivity contribution < 1.29 is 23.0 Å². The van der Waals surface area contributed by atoms with Gasteiger partial charge in [-0.2, -0.15) is 13.2 Å². The van der Waals surface area contributed by atoms with E-state index in [0.717, 1.165) is 0 Å². The van der Waals surface area contributed by atoms with Crippen LogP contribution in [-0.2, 0) is 10.9 Å². The predicted molar refractivity (Wildman–Crippen MR) is 72.2 cm³/mol. The molecule has 0 atom stereocenters. The number of hydrogen-bond donors (Lipinski definition) is 3. The number of halogens is 3. The van der Waals surface area contributed by atoms with Crippen LogP contribution >= 0.6 is 0 Å². The molecule has 9 heteroatoms. The summed E-state index contributed by atoms with van der Waals surface area (Å²) in [6, 6.07) is 1.42. The van der Waals surface area contributed by atoms with Crippen molar-refractivity contribution in [2.75, 3.05) is 43.5 Å². The number of ether oxygens (including phenoxy) is 1. The zero-order chi connectivity index (χ0) is 15.7. The predicted octanol–water partition coefficient (Wildman–Crippen LogP) is 1.74. The smallest absolute Gasteiger partial charge is 0.394 e. The summed E-state index contributed by atoms with van der Waals surface area (Å²) in [5, 5.41) is 14.1. The monoisotopic (exact) mass is 308 g/mol. The molecular formula is C12H19F3N4O2. The number of anilines is 2. The van der Waals surface area contributed by atoms with E-state index >= 15 is 0 Å². The second-order valence-electron chi connectivity index (χ2n) is 4.11. The molecule has 0 radical (unpaired) electrons. The topological polar surface area (TPSA) is 79.3 Å². The van der Waals surface area contributed by atoms with Gasteiger partial charge >= 0.3 is 6.18 Å². The quantitative estimate of drug-likeness (QED) is 0.603. The molecule has 21 heavy (non-hydrogen) atoms. The number of hydrogen-bond acceptors (Lipinski definition) is 6. The Kier molecular flexibility index (Phi) is 7.17. The van der Waals surface area contributed by atoms with E-state index in [1.165, 1.54) is 6.07 Å². The number of aromatic nitrogens is 2. The van der Waals surface area contributed by atoms with Crippen LogP contribution in [0.5, 0.6) is 0 Å². The molecule has 120 valence electrons. The first kappa shape index (κ1) is 17.4. The fourth-order valence-electron chi connectivity index (χ4n) is 1.49. The van der Waals surface area contributed by atoms with Gasteiger partial charge in [0, 0.05) is 25.8 Å². The molecule has 0 aliphatic carbocycles. The van der Waals surface area contributed by atoms with E-state index in [-0.39, 0.29) is 24.8 Å². The normalized spacial score (nSPS) is 11.5. The van der Waals surface area contributed by atoms with E-state index in [4.69, 9.17) is 9.84 Å². The number of nitrogens with one attached hydrogen (secondary N) is 2. The van der Waals surface area contributed by atoms with Gasteiger partial charge in [-0.15, -0.1) is 0 Å². The van der Waals surface area contributed by atoms with Crippen molar-refractivity contribution in [3.05, 3.63) is 11.9 Å². The number of aliphatic hydroxyl groups is 1. The summed E-state index contributed by atoms with van der Waals surface area (Å²) < 4.78 is 43.1. The lowest BCUT2D eigenvalue weighted by Crippen LogP contribution is -2.16. The van der Waals surface area contributed by atoms with Crippen molar-refractivity contribution in [3.63, 3.8) is 0 Å². The average molecular weight is 308 g/mol. The van der Waals surface area contributed by atoms with Crippen LogP contribution in [0.4, 0.5) is 24.8 Å². The Labute approximate surface area is 120 Å². The lowest BCUT2D eigenvalue weighted by atomic mass is 10.4. The lowest BCUT2D eigenvalue weighted by molar-refractivity contribution is -0.144. The molecule has 0 bridgehead atoms. The Hall–Kier alpha value is -1.61. The summed E-state index contributed by atoms with van der Waals surface area (Å²) in [5.74, 6) is -0.950. The number of nitrogens with zero attached hydrogens (tertiary/aromatic N) is 2. The van der Waals surface area contributed by atoms with Gasteiger partial charge in [-0.1, -0.05) is 0 Å². The molecule has 3 N–H and O–H groups in total. The van der Waals surface area contributed by atoms with Gasteiger partial charge in [-0.25, -0.2) is 9.97 Å². The van der Waals surface area contributed by atoms with Gasteiger partial charge in [0.1, 0.15) is 11.6 Å². The van der Waals surface area contributed by atoms with Gasteiger partial charge in [0.05, 0.1) is 13.2 Å². The molecule has 1 aromatic heterocycles.